The zero-order chi connectivity index (χ0) is 18.5. The number of hydrogen-bond donors (Lipinski definition) is 0. The van der Waals surface area contributed by atoms with Gasteiger partial charge in [0.2, 0.25) is 0 Å². The average Bonchev–Trinajstić information content (AvgIpc) is 3.15. The van der Waals surface area contributed by atoms with Gasteiger partial charge in [0.05, 0.1) is 16.4 Å². The summed E-state index contributed by atoms with van der Waals surface area (Å²) < 4.78 is 38.2. The van der Waals surface area contributed by atoms with Crippen LogP contribution in [0.5, 0.6) is 0 Å². The lowest BCUT2D eigenvalue weighted by molar-refractivity contribution is 0.0592. The van der Waals surface area contributed by atoms with E-state index in [9.17, 15) is 17.6 Å². The minimum Gasteiger partial charge on any atom is -0.335 e. The summed E-state index contributed by atoms with van der Waals surface area (Å²) in [6, 6.07) is 5.00. The number of fused-ring (bicyclic) bond motifs is 1. The van der Waals surface area contributed by atoms with Crippen LogP contribution in [0, 0.1) is 12.7 Å². The first-order valence-corrected chi connectivity index (χ1v) is 11.4. The van der Waals surface area contributed by atoms with Crippen LogP contribution in [0.3, 0.4) is 0 Å². The number of hydrogen-bond acceptors (Lipinski definition) is 5. The highest BCUT2D eigenvalue weighted by Gasteiger charge is 2.35. The normalized spacial score (nSPS) is 23.6. The smallest absolute Gasteiger partial charge is 0.264 e. The van der Waals surface area contributed by atoms with E-state index in [2.05, 4.69) is 4.90 Å². The van der Waals surface area contributed by atoms with Crippen molar-refractivity contribution in [2.45, 2.75) is 19.4 Å². The maximum Gasteiger partial charge on any atom is 0.264 e. The maximum absolute atomic E-state index is 14.1. The van der Waals surface area contributed by atoms with Gasteiger partial charge < -0.3 is 4.90 Å². The lowest BCUT2D eigenvalue weighted by Gasteiger charge is -2.37. The molecule has 1 unspecified atom stereocenters. The Labute approximate surface area is 156 Å². The predicted molar refractivity (Wildman–Crippen MR) is 101 cm³/mol. The van der Waals surface area contributed by atoms with Crippen molar-refractivity contribution < 1.29 is 17.6 Å². The summed E-state index contributed by atoms with van der Waals surface area (Å²) >= 11 is 1.34. The number of carbonyl (C=O) groups is 1. The number of benzene rings is 1. The lowest BCUT2D eigenvalue weighted by Crippen LogP contribution is -2.52. The first-order valence-electron chi connectivity index (χ1n) is 8.77. The van der Waals surface area contributed by atoms with E-state index in [1.165, 1.54) is 17.4 Å². The fourth-order valence-corrected chi connectivity index (χ4v) is 6.91. The van der Waals surface area contributed by atoms with Crippen LogP contribution in [-0.2, 0) is 9.84 Å². The predicted octanol–water partition coefficient (Wildman–Crippen LogP) is 2.29. The van der Waals surface area contributed by atoms with E-state index in [4.69, 9.17) is 0 Å². The second-order valence-electron chi connectivity index (χ2n) is 7.05. The third kappa shape index (κ3) is 3.14. The van der Waals surface area contributed by atoms with Gasteiger partial charge in [-0.3, -0.25) is 9.69 Å². The molecule has 3 heterocycles. The second kappa shape index (κ2) is 6.58. The van der Waals surface area contributed by atoms with Gasteiger partial charge in [0.15, 0.2) is 9.84 Å². The number of carbonyl (C=O) groups excluding carboxylic acids is 1. The Morgan fingerprint density at radius 3 is 2.58 bits per heavy atom. The van der Waals surface area contributed by atoms with Gasteiger partial charge in [-0.05, 0) is 31.0 Å². The monoisotopic (exact) mass is 396 g/mol. The molecule has 2 saturated heterocycles. The summed E-state index contributed by atoms with van der Waals surface area (Å²) in [6.45, 7) is 4.32. The quantitative estimate of drug-likeness (QED) is 0.782. The van der Waals surface area contributed by atoms with Crippen LogP contribution >= 0.6 is 11.3 Å². The Morgan fingerprint density at radius 1 is 1.23 bits per heavy atom. The molecule has 2 fully saturated rings. The topological polar surface area (TPSA) is 57.7 Å². The fourth-order valence-electron chi connectivity index (χ4n) is 3.95. The number of amides is 1. The molecule has 1 aromatic carbocycles. The van der Waals surface area contributed by atoms with Crippen LogP contribution in [0.25, 0.3) is 10.1 Å². The summed E-state index contributed by atoms with van der Waals surface area (Å²) in [6.07, 6.45) is 0.685. The van der Waals surface area contributed by atoms with E-state index < -0.39 is 9.84 Å². The Balaban J connectivity index is 1.47. The van der Waals surface area contributed by atoms with E-state index in [1.807, 2.05) is 6.07 Å². The third-order valence-electron chi connectivity index (χ3n) is 5.42. The van der Waals surface area contributed by atoms with Crippen LogP contribution in [-0.4, -0.2) is 67.9 Å². The molecule has 1 amide bonds. The summed E-state index contributed by atoms with van der Waals surface area (Å²) in [5, 5.41) is 0.538. The second-order valence-corrected chi connectivity index (χ2v) is 10.3. The van der Waals surface area contributed by atoms with Crippen molar-refractivity contribution >= 4 is 37.2 Å². The van der Waals surface area contributed by atoms with E-state index in [0.717, 1.165) is 4.70 Å². The molecule has 140 valence electrons. The van der Waals surface area contributed by atoms with Crippen LogP contribution in [0.2, 0.25) is 0 Å². The molecule has 0 spiro atoms. The Kier molecular flexibility index (Phi) is 4.53. The van der Waals surface area contributed by atoms with Gasteiger partial charge in [-0.15, -0.1) is 11.3 Å². The Bertz CT molecular complexity index is 962. The van der Waals surface area contributed by atoms with E-state index in [1.54, 1.807) is 17.9 Å². The van der Waals surface area contributed by atoms with Crippen molar-refractivity contribution in [2.24, 2.45) is 0 Å². The molecular weight excluding hydrogens is 375 g/mol. The molecule has 0 aliphatic carbocycles. The number of piperazine rings is 1. The molecule has 8 heteroatoms. The molecular formula is C18H21FN2O3S2. The van der Waals surface area contributed by atoms with Gasteiger partial charge in [0.25, 0.3) is 5.91 Å². The first-order chi connectivity index (χ1) is 12.4. The first kappa shape index (κ1) is 17.9. The fraction of sp³-hybridized carbons (Fsp3) is 0.500. The summed E-state index contributed by atoms with van der Waals surface area (Å²) in [5.74, 6) is 0.156. The zero-order valence-corrected chi connectivity index (χ0v) is 16.2. The number of halogens is 1. The molecule has 0 N–H and O–H groups in total. The van der Waals surface area contributed by atoms with Crippen LogP contribution in [0.1, 0.15) is 21.7 Å². The zero-order valence-electron chi connectivity index (χ0n) is 14.6. The number of sulfone groups is 1. The molecule has 26 heavy (non-hydrogen) atoms. The van der Waals surface area contributed by atoms with Crippen molar-refractivity contribution in [1.82, 2.24) is 9.80 Å². The van der Waals surface area contributed by atoms with E-state index in [-0.39, 0.29) is 29.3 Å². The summed E-state index contributed by atoms with van der Waals surface area (Å²) in [7, 11) is -2.90. The number of aryl methyl sites for hydroxylation is 1. The van der Waals surface area contributed by atoms with Crippen LogP contribution in [0.4, 0.5) is 4.39 Å². The van der Waals surface area contributed by atoms with Crippen molar-refractivity contribution in [2.75, 3.05) is 37.7 Å². The average molecular weight is 397 g/mol. The molecule has 1 atom stereocenters. The highest BCUT2D eigenvalue weighted by atomic mass is 32.2. The standard InChI is InChI=1S/C18H21FN2O3S2/c1-12-16-14(19)3-2-4-15(16)25-17(12)18(22)21-8-6-20(7-9-21)13-5-10-26(23,24)11-13/h2-4,13H,5-11H2,1H3. The maximum atomic E-state index is 14.1. The van der Waals surface area contributed by atoms with Gasteiger partial charge in [0.1, 0.15) is 5.82 Å². The molecule has 2 aromatic rings. The van der Waals surface area contributed by atoms with Crippen molar-refractivity contribution in [3.8, 4) is 0 Å². The molecule has 0 saturated carbocycles. The van der Waals surface area contributed by atoms with E-state index >= 15 is 0 Å². The highest BCUT2D eigenvalue weighted by Crippen LogP contribution is 2.33. The lowest BCUT2D eigenvalue weighted by atomic mass is 10.1. The van der Waals surface area contributed by atoms with Gasteiger partial charge >= 0.3 is 0 Å². The number of nitrogens with zero attached hydrogens (tertiary/aromatic N) is 2. The van der Waals surface area contributed by atoms with Crippen molar-refractivity contribution in [1.29, 1.82) is 0 Å². The molecule has 2 aliphatic rings. The van der Waals surface area contributed by atoms with Crippen LogP contribution < -0.4 is 0 Å². The van der Waals surface area contributed by atoms with Gasteiger partial charge in [-0.1, -0.05) is 6.07 Å². The minimum absolute atomic E-state index is 0.0539. The van der Waals surface area contributed by atoms with Crippen LogP contribution in [0.15, 0.2) is 18.2 Å². The SMILES string of the molecule is Cc1c(C(=O)N2CCN(C3CCS(=O)(=O)C3)CC2)sc2cccc(F)c12. The molecule has 4 rings (SSSR count). The van der Waals surface area contributed by atoms with Gasteiger partial charge in [-0.25, -0.2) is 12.8 Å². The van der Waals surface area contributed by atoms with Crippen molar-refractivity contribution in [3.05, 3.63) is 34.5 Å². The number of rotatable bonds is 2. The minimum atomic E-state index is -2.90. The largest absolute Gasteiger partial charge is 0.335 e. The van der Waals surface area contributed by atoms with E-state index in [0.29, 0.717) is 48.4 Å². The van der Waals surface area contributed by atoms with Crippen molar-refractivity contribution in [3.63, 3.8) is 0 Å². The molecule has 5 nitrogen and oxygen atoms in total. The van der Waals surface area contributed by atoms with Gasteiger partial charge in [-0.2, -0.15) is 0 Å². The number of thiophene rings is 1. The third-order valence-corrected chi connectivity index (χ3v) is 8.42. The molecule has 1 aromatic heterocycles. The summed E-state index contributed by atoms with van der Waals surface area (Å²) in [4.78, 5) is 17.5. The molecule has 0 bridgehead atoms. The summed E-state index contributed by atoms with van der Waals surface area (Å²) in [5.41, 5.74) is 0.706. The highest BCUT2D eigenvalue weighted by molar-refractivity contribution is 7.91. The molecule has 0 radical (unpaired) electrons. The Morgan fingerprint density at radius 2 is 1.96 bits per heavy atom. The van der Waals surface area contributed by atoms with Gasteiger partial charge in [0, 0.05) is 42.3 Å². The molecule has 2 aliphatic heterocycles. The Hall–Kier alpha value is -1.51.